The maximum Gasteiger partial charge on any atom is 0.414 e. The van der Waals surface area contributed by atoms with E-state index >= 15 is 0 Å². The molecule has 0 aliphatic carbocycles. The molecule has 1 aromatic heterocycles. The third-order valence-corrected chi connectivity index (χ3v) is 6.12. The highest BCUT2D eigenvalue weighted by Crippen LogP contribution is 2.42. The van der Waals surface area contributed by atoms with Crippen molar-refractivity contribution in [3.05, 3.63) is 65.7 Å². The van der Waals surface area contributed by atoms with Crippen molar-refractivity contribution in [2.45, 2.75) is 31.2 Å². The van der Waals surface area contributed by atoms with Crippen LogP contribution in [0.4, 0.5) is 18.0 Å². The van der Waals surface area contributed by atoms with Gasteiger partial charge in [0.15, 0.2) is 16.8 Å². The first kappa shape index (κ1) is 23.7. The molecule has 3 heterocycles. The molecule has 2 N–H and O–H groups in total. The fourth-order valence-corrected chi connectivity index (χ4v) is 4.44. The lowest BCUT2D eigenvalue weighted by Crippen LogP contribution is -2.54. The van der Waals surface area contributed by atoms with Crippen LogP contribution in [-0.2, 0) is 4.79 Å². The van der Waals surface area contributed by atoms with Crippen LogP contribution in [0.2, 0.25) is 0 Å². The molecular formula is C24H22F3N5O4. The molecule has 9 nitrogen and oxygen atoms in total. The Labute approximate surface area is 203 Å². The Morgan fingerprint density at radius 1 is 1.14 bits per heavy atom. The quantitative estimate of drug-likeness (QED) is 0.566. The monoisotopic (exact) mass is 501 g/mol. The molecule has 3 atom stereocenters. The van der Waals surface area contributed by atoms with Crippen LogP contribution in [0.15, 0.2) is 58.6 Å². The van der Waals surface area contributed by atoms with Crippen molar-refractivity contribution in [2.24, 2.45) is 0 Å². The van der Waals surface area contributed by atoms with Crippen LogP contribution in [-0.4, -0.2) is 59.4 Å². The highest BCUT2D eigenvalue weighted by molar-refractivity contribution is 6.20. The van der Waals surface area contributed by atoms with Crippen molar-refractivity contribution in [3.8, 4) is 5.75 Å². The number of alkyl halides is 3. The number of nitrogens with one attached hydrogen (secondary N) is 2. The van der Waals surface area contributed by atoms with Gasteiger partial charge in [0.2, 0.25) is 5.89 Å². The van der Waals surface area contributed by atoms with Gasteiger partial charge >= 0.3 is 12.3 Å². The van der Waals surface area contributed by atoms with Crippen LogP contribution < -0.4 is 15.5 Å². The number of carbonyl (C=O) groups excluding carboxylic acids is 2. The van der Waals surface area contributed by atoms with E-state index in [4.69, 9.17) is 9.15 Å². The molecule has 0 spiro atoms. The number of hydrogen-bond donors (Lipinski definition) is 2. The number of oxazole rings is 1. The third-order valence-electron chi connectivity index (χ3n) is 6.12. The molecule has 3 aromatic rings. The summed E-state index contributed by atoms with van der Waals surface area (Å²) < 4.78 is 53.1. The molecule has 0 radical (unpaired) electrons. The topological polar surface area (TPSA) is 99.9 Å². The largest absolute Gasteiger partial charge is 0.436 e. The minimum absolute atomic E-state index is 0.0329. The Morgan fingerprint density at radius 2 is 1.86 bits per heavy atom. The SMILES string of the molecule is CC1=C(c2nc3c(OC(=O)N(C)C)cccc3o2)C(=O)N2NC(C(F)(F)F)C(c3ccccc3)C2N1. The molecule has 2 aromatic carbocycles. The molecule has 2 aliphatic rings. The summed E-state index contributed by atoms with van der Waals surface area (Å²) in [6.07, 6.45) is -6.24. The van der Waals surface area contributed by atoms with Gasteiger partial charge in [-0.05, 0) is 24.6 Å². The normalized spacial score (nSPS) is 22.0. The van der Waals surface area contributed by atoms with E-state index in [1.165, 1.54) is 25.1 Å². The number of benzene rings is 2. The lowest BCUT2D eigenvalue weighted by molar-refractivity contribution is -0.161. The number of nitrogens with zero attached hydrogens (tertiary/aromatic N) is 3. The molecule has 1 fully saturated rings. The summed E-state index contributed by atoms with van der Waals surface area (Å²) in [4.78, 5) is 31.1. The number of fused-ring (bicyclic) bond motifs is 2. The first-order valence-corrected chi connectivity index (χ1v) is 11.0. The van der Waals surface area contributed by atoms with Gasteiger partial charge in [-0.15, -0.1) is 0 Å². The van der Waals surface area contributed by atoms with Crippen LogP contribution in [0, 0.1) is 0 Å². The van der Waals surface area contributed by atoms with Crippen LogP contribution in [0.3, 0.4) is 0 Å². The van der Waals surface area contributed by atoms with E-state index in [-0.39, 0.29) is 28.3 Å². The first-order chi connectivity index (χ1) is 17.1. The molecule has 2 amide bonds. The van der Waals surface area contributed by atoms with Gasteiger partial charge < -0.3 is 19.4 Å². The Hall–Kier alpha value is -4.06. The van der Waals surface area contributed by atoms with Crippen molar-refractivity contribution in [3.63, 3.8) is 0 Å². The summed E-state index contributed by atoms with van der Waals surface area (Å²) >= 11 is 0. The summed E-state index contributed by atoms with van der Waals surface area (Å²) in [7, 11) is 3.04. The summed E-state index contributed by atoms with van der Waals surface area (Å²) in [5, 5.41) is 3.99. The van der Waals surface area contributed by atoms with E-state index in [0.29, 0.717) is 11.3 Å². The van der Waals surface area contributed by atoms with Gasteiger partial charge in [-0.2, -0.15) is 13.2 Å². The molecule has 188 valence electrons. The second-order valence-corrected chi connectivity index (χ2v) is 8.73. The van der Waals surface area contributed by atoms with Gasteiger partial charge in [0.05, 0.1) is 5.92 Å². The molecule has 3 unspecified atom stereocenters. The Kier molecular flexibility index (Phi) is 5.62. The number of para-hydroxylation sites is 1. The number of aromatic nitrogens is 1. The van der Waals surface area contributed by atoms with Crippen molar-refractivity contribution in [2.75, 3.05) is 14.1 Å². The standard InChI is InChI=1S/C24H22F3N5O4/c1-12-16(21-29-18-14(35-21)10-7-11-15(18)36-23(34)31(2)3)22(33)32-20(28-12)17(13-8-5-4-6-9-13)19(30-32)24(25,26)27/h4-11,17,19-20,28,30H,1-3H3. The summed E-state index contributed by atoms with van der Waals surface area (Å²) in [6.45, 7) is 1.58. The number of hydrazine groups is 1. The maximum absolute atomic E-state index is 14.0. The van der Waals surface area contributed by atoms with Crippen molar-refractivity contribution in [1.82, 2.24) is 25.6 Å². The van der Waals surface area contributed by atoms with Gasteiger partial charge in [-0.25, -0.2) is 20.2 Å². The van der Waals surface area contributed by atoms with Crippen molar-refractivity contribution >= 4 is 28.7 Å². The van der Waals surface area contributed by atoms with E-state index < -0.39 is 36.3 Å². The zero-order valence-corrected chi connectivity index (χ0v) is 19.5. The molecule has 0 bridgehead atoms. The molecule has 1 saturated heterocycles. The van der Waals surface area contributed by atoms with Gasteiger partial charge in [0.1, 0.15) is 17.8 Å². The molecule has 12 heteroatoms. The number of allylic oxidation sites excluding steroid dienone is 1. The highest BCUT2D eigenvalue weighted by atomic mass is 19.4. The lowest BCUT2D eigenvalue weighted by Gasteiger charge is -2.34. The molecule has 2 aliphatic heterocycles. The van der Waals surface area contributed by atoms with E-state index in [1.807, 2.05) is 0 Å². The fourth-order valence-electron chi connectivity index (χ4n) is 4.44. The van der Waals surface area contributed by atoms with Crippen LogP contribution >= 0.6 is 0 Å². The molecule has 5 rings (SSSR count). The van der Waals surface area contributed by atoms with E-state index in [2.05, 4.69) is 15.7 Å². The number of halogens is 3. The molecule has 0 saturated carbocycles. The highest BCUT2D eigenvalue weighted by Gasteiger charge is 2.58. The third kappa shape index (κ3) is 3.92. The predicted octanol–water partition coefficient (Wildman–Crippen LogP) is 3.61. The fraction of sp³-hybridized carbons (Fsp3) is 0.292. The van der Waals surface area contributed by atoms with E-state index in [1.54, 1.807) is 49.4 Å². The van der Waals surface area contributed by atoms with Crippen LogP contribution in [0.1, 0.15) is 24.3 Å². The molecular weight excluding hydrogens is 479 g/mol. The van der Waals surface area contributed by atoms with Crippen LogP contribution in [0.25, 0.3) is 16.7 Å². The number of hydrogen-bond acceptors (Lipinski definition) is 7. The van der Waals surface area contributed by atoms with E-state index in [9.17, 15) is 22.8 Å². The van der Waals surface area contributed by atoms with E-state index in [0.717, 1.165) is 5.01 Å². The van der Waals surface area contributed by atoms with Crippen molar-refractivity contribution in [1.29, 1.82) is 0 Å². The average Bonchev–Trinajstić information content (AvgIpc) is 3.42. The average molecular weight is 501 g/mol. The van der Waals surface area contributed by atoms with Gasteiger partial charge in [0, 0.05) is 19.8 Å². The first-order valence-electron chi connectivity index (χ1n) is 11.0. The van der Waals surface area contributed by atoms with Gasteiger partial charge in [0.25, 0.3) is 5.91 Å². The second-order valence-electron chi connectivity index (χ2n) is 8.73. The zero-order valence-electron chi connectivity index (χ0n) is 19.5. The Bertz CT molecular complexity index is 1370. The van der Waals surface area contributed by atoms with Crippen LogP contribution in [0.5, 0.6) is 5.75 Å². The van der Waals surface area contributed by atoms with Gasteiger partial charge in [-0.3, -0.25) is 4.79 Å². The van der Waals surface area contributed by atoms with Crippen molar-refractivity contribution < 1.29 is 31.9 Å². The smallest absolute Gasteiger partial charge is 0.414 e. The Morgan fingerprint density at radius 3 is 2.53 bits per heavy atom. The molecule has 36 heavy (non-hydrogen) atoms. The number of rotatable bonds is 3. The predicted molar refractivity (Wildman–Crippen MR) is 122 cm³/mol. The number of amides is 2. The lowest BCUT2D eigenvalue weighted by atomic mass is 9.89. The maximum atomic E-state index is 14.0. The zero-order chi connectivity index (χ0) is 25.8. The Balaban J connectivity index is 1.54. The summed E-state index contributed by atoms with van der Waals surface area (Å²) in [5.74, 6) is -1.80. The minimum atomic E-state index is -4.61. The summed E-state index contributed by atoms with van der Waals surface area (Å²) in [5.41, 5.74) is 3.51. The van der Waals surface area contributed by atoms with Gasteiger partial charge in [-0.1, -0.05) is 36.4 Å². The number of ether oxygens (including phenoxy) is 1. The number of carbonyl (C=O) groups is 2. The minimum Gasteiger partial charge on any atom is -0.436 e. The second kappa shape index (κ2) is 8.55. The summed E-state index contributed by atoms with van der Waals surface area (Å²) in [6, 6.07) is 10.9.